The van der Waals surface area contributed by atoms with E-state index in [4.69, 9.17) is 14.2 Å². The van der Waals surface area contributed by atoms with Crippen LogP contribution < -0.4 is 19.5 Å². The maximum Gasteiger partial charge on any atom is 0.179 e. The summed E-state index contributed by atoms with van der Waals surface area (Å²) in [5.41, 5.74) is 1.33. The lowest BCUT2D eigenvalue weighted by Gasteiger charge is -2.36. The molecule has 3 aromatic rings. The molecule has 8 nitrogen and oxygen atoms in total. The van der Waals surface area contributed by atoms with Gasteiger partial charge >= 0.3 is 0 Å². The number of likely N-dealkylation sites (tertiary alicyclic amines) is 1. The van der Waals surface area contributed by atoms with Gasteiger partial charge in [0.15, 0.2) is 17.3 Å². The summed E-state index contributed by atoms with van der Waals surface area (Å²) in [5, 5.41) is 14.5. The number of benzene rings is 1. The van der Waals surface area contributed by atoms with E-state index in [-0.39, 0.29) is 11.6 Å². The molecule has 0 amide bonds. The van der Waals surface area contributed by atoms with E-state index in [9.17, 15) is 13.9 Å². The van der Waals surface area contributed by atoms with Crippen LogP contribution in [0.25, 0.3) is 10.9 Å². The summed E-state index contributed by atoms with van der Waals surface area (Å²) in [6.45, 7) is 3.26. The molecular weight excluding hydrogens is 458 g/mol. The van der Waals surface area contributed by atoms with Crippen LogP contribution in [0.2, 0.25) is 0 Å². The fraction of sp³-hybridized carbons (Fsp3) is 0.440. The Balaban J connectivity index is 1.18. The minimum absolute atomic E-state index is 0.0851. The topological polar surface area (TPSA) is 89.0 Å². The second-order valence-electron chi connectivity index (χ2n) is 8.80. The largest absolute Gasteiger partial charge is 0.497 e. The molecule has 0 spiro atoms. The number of β-amino-alcohol motifs (C(OH)–C–C–N with tert-alkyl or cyclic N) is 1. The van der Waals surface area contributed by atoms with Crippen molar-refractivity contribution in [3.8, 4) is 17.2 Å². The van der Waals surface area contributed by atoms with E-state index in [0.717, 1.165) is 24.9 Å². The van der Waals surface area contributed by atoms with Gasteiger partial charge in [-0.05, 0) is 25.5 Å². The van der Waals surface area contributed by atoms with Crippen molar-refractivity contribution >= 4 is 10.9 Å². The van der Waals surface area contributed by atoms with Crippen molar-refractivity contribution in [2.45, 2.75) is 31.5 Å². The highest BCUT2D eigenvalue weighted by Gasteiger charge is 2.28. The molecule has 2 N–H and O–H groups in total. The molecule has 186 valence electrons. The van der Waals surface area contributed by atoms with E-state index in [1.807, 2.05) is 6.07 Å². The van der Waals surface area contributed by atoms with Crippen molar-refractivity contribution in [1.29, 1.82) is 0 Å². The molecule has 2 aliphatic heterocycles. The lowest BCUT2D eigenvalue weighted by Crippen LogP contribution is -2.52. The number of aliphatic hydroxyl groups excluding tert-OH is 1. The number of methoxy groups -OCH3 is 1. The molecule has 0 saturated carbocycles. The fourth-order valence-electron chi connectivity index (χ4n) is 4.67. The normalized spacial score (nSPS) is 20.2. The van der Waals surface area contributed by atoms with Crippen LogP contribution in [0.4, 0.5) is 8.78 Å². The second-order valence-corrected chi connectivity index (χ2v) is 8.80. The number of hydrogen-bond acceptors (Lipinski definition) is 8. The Morgan fingerprint density at radius 1 is 1.11 bits per heavy atom. The van der Waals surface area contributed by atoms with Gasteiger partial charge in [0.2, 0.25) is 0 Å². The molecule has 0 bridgehead atoms. The molecule has 5 rings (SSSR count). The summed E-state index contributed by atoms with van der Waals surface area (Å²) in [6.07, 6.45) is 3.23. The van der Waals surface area contributed by atoms with Crippen LogP contribution in [0.15, 0.2) is 30.6 Å². The van der Waals surface area contributed by atoms with Crippen molar-refractivity contribution in [3.05, 3.63) is 53.5 Å². The molecule has 2 aliphatic rings. The number of nitrogens with zero attached hydrogens (tertiary/aromatic N) is 3. The zero-order valence-electron chi connectivity index (χ0n) is 19.5. The van der Waals surface area contributed by atoms with Crippen LogP contribution in [0.5, 0.6) is 17.2 Å². The van der Waals surface area contributed by atoms with Gasteiger partial charge in [0.05, 0.1) is 31.3 Å². The third-order valence-corrected chi connectivity index (χ3v) is 6.57. The summed E-state index contributed by atoms with van der Waals surface area (Å²) in [5.74, 6) is 0.628. The quantitative estimate of drug-likeness (QED) is 0.527. The third kappa shape index (κ3) is 5.14. The number of aromatic nitrogens is 2. The van der Waals surface area contributed by atoms with Crippen molar-refractivity contribution in [1.82, 2.24) is 20.2 Å². The minimum Gasteiger partial charge on any atom is -0.497 e. The first-order chi connectivity index (χ1) is 17.0. The number of piperidine rings is 1. The predicted octanol–water partition coefficient (Wildman–Crippen LogP) is 2.46. The summed E-state index contributed by atoms with van der Waals surface area (Å²) in [6, 6.07) is 4.62. The molecule has 35 heavy (non-hydrogen) atoms. The smallest absolute Gasteiger partial charge is 0.179 e. The van der Waals surface area contributed by atoms with Gasteiger partial charge in [-0.2, -0.15) is 0 Å². The maximum atomic E-state index is 14.6. The number of hydrogen-bond donors (Lipinski definition) is 2. The zero-order valence-corrected chi connectivity index (χ0v) is 19.5. The summed E-state index contributed by atoms with van der Waals surface area (Å²) in [7, 11) is 1.44. The zero-order chi connectivity index (χ0) is 24.4. The molecule has 0 radical (unpaired) electrons. The average molecular weight is 487 g/mol. The van der Waals surface area contributed by atoms with Gasteiger partial charge in [0.25, 0.3) is 0 Å². The lowest BCUT2D eigenvalue weighted by atomic mass is 10.00. The Labute approximate surface area is 201 Å². The molecule has 0 unspecified atom stereocenters. The Kier molecular flexibility index (Phi) is 6.94. The number of pyridine rings is 2. The molecular formula is C25H28F2N4O4. The number of rotatable bonds is 7. The highest BCUT2D eigenvalue weighted by molar-refractivity contribution is 5.84. The SMILES string of the molecule is COc1cc(F)c2ncc(F)c(CCN3CC[C@H](NCc4cc5c(cn4)OCCO5)[C@H](O)C3)c2c1. The van der Waals surface area contributed by atoms with E-state index in [2.05, 4.69) is 20.2 Å². The van der Waals surface area contributed by atoms with Crippen LogP contribution in [-0.4, -0.2) is 72.1 Å². The molecule has 0 aliphatic carbocycles. The van der Waals surface area contributed by atoms with Gasteiger partial charge in [-0.15, -0.1) is 0 Å². The Bertz CT molecular complexity index is 1210. The van der Waals surface area contributed by atoms with Crippen LogP contribution >= 0.6 is 0 Å². The molecule has 2 aromatic heterocycles. The summed E-state index contributed by atoms with van der Waals surface area (Å²) in [4.78, 5) is 10.4. The van der Waals surface area contributed by atoms with Crippen LogP contribution in [0, 0.1) is 11.6 Å². The first kappa shape index (κ1) is 23.7. The highest BCUT2D eigenvalue weighted by Crippen LogP contribution is 2.30. The van der Waals surface area contributed by atoms with Crippen LogP contribution in [0.3, 0.4) is 0 Å². The van der Waals surface area contributed by atoms with Gasteiger partial charge in [0.1, 0.15) is 30.3 Å². The van der Waals surface area contributed by atoms with Crippen molar-refractivity contribution in [2.24, 2.45) is 0 Å². The Morgan fingerprint density at radius 2 is 1.94 bits per heavy atom. The van der Waals surface area contributed by atoms with E-state index < -0.39 is 17.7 Å². The van der Waals surface area contributed by atoms with Gasteiger partial charge < -0.3 is 29.5 Å². The molecule has 1 aromatic carbocycles. The lowest BCUT2D eigenvalue weighted by molar-refractivity contribution is 0.0402. The monoisotopic (exact) mass is 486 g/mol. The molecule has 1 fully saturated rings. The average Bonchev–Trinajstić information content (AvgIpc) is 2.87. The van der Waals surface area contributed by atoms with E-state index in [1.54, 1.807) is 12.3 Å². The molecule has 1 saturated heterocycles. The van der Waals surface area contributed by atoms with Gasteiger partial charge in [-0.3, -0.25) is 9.97 Å². The summed E-state index contributed by atoms with van der Waals surface area (Å²) < 4.78 is 45.2. The van der Waals surface area contributed by atoms with Crippen molar-refractivity contribution in [3.63, 3.8) is 0 Å². The molecule has 4 heterocycles. The van der Waals surface area contributed by atoms with Gasteiger partial charge in [-0.1, -0.05) is 0 Å². The third-order valence-electron chi connectivity index (χ3n) is 6.57. The fourth-order valence-corrected chi connectivity index (χ4v) is 4.67. The predicted molar refractivity (Wildman–Crippen MR) is 125 cm³/mol. The Hall–Kier alpha value is -3.08. The maximum absolute atomic E-state index is 14.6. The number of nitrogens with one attached hydrogen (secondary N) is 1. The van der Waals surface area contributed by atoms with E-state index >= 15 is 0 Å². The highest BCUT2D eigenvalue weighted by atomic mass is 19.1. The van der Waals surface area contributed by atoms with E-state index in [1.165, 1.54) is 13.2 Å². The molecule has 10 heteroatoms. The van der Waals surface area contributed by atoms with Crippen molar-refractivity contribution in [2.75, 3.05) is 40.0 Å². The second kappa shape index (κ2) is 10.3. The van der Waals surface area contributed by atoms with Crippen LogP contribution in [0.1, 0.15) is 17.7 Å². The number of ether oxygens (including phenoxy) is 3. The van der Waals surface area contributed by atoms with Gasteiger partial charge in [0, 0.05) is 48.8 Å². The summed E-state index contributed by atoms with van der Waals surface area (Å²) >= 11 is 0. The minimum atomic E-state index is -0.586. The molecule has 2 atom stereocenters. The van der Waals surface area contributed by atoms with Gasteiger partial charge in [-0.25, -0.2) is 8.78 Å². The van der Waals surface area contributed by atoms with Crippen molar-refractivity contribution < 1.29 is 28.1 Å². The Morgan fingerprint density at radius 3 is 2.74 bits per heavy atom. The first-order valence-electron chi connectivity index (χ1n) is 11.7. The van der Waals surface area contributed by atoms with Crippen LogP contribution in [-0.2, 0) is 13.0 Å². The number of fused-ring (bicyclic) bond motifs is 2. The first-order valence-corrected chi connectivity index (χ1v) is 11.7. The number of halogens is 2. The standard InChI is InChI=1S/C25H28F2N4O4/c1-33-16-9-18-17(20(27)12-30-25(18)19(26)10-16)2-4-31-5-3-21(22(32)14-31)29-11-15-8-23-24(13-28-15)35-7-6-34-23/h8-10,12-13,21-22,29,32H,2-7,11,14H2,1H3/t21-,22+/m0/s1. The number of aliphatic hydroxyl groups is 1. The van der Waals surface area contributed by atoms with E-state index in [0.29, 0.717) is 67.5 Å².